The lowest BCUT2D eigenvalue weighted by Crippen LogP contribution is -2.28. The van der Waals surface area contributed by atoms with Crippen molar-refractivity contribution in [3.63, 3.8) is 0 Å². The Morgan fingerprint density at radius 2 is 1.91 bits per heavy atom. The summed E-state index contributed by atoms with van der Waals surface area (Å²) < 4.78 is 10.7. The Balaban J connectivity index is 1.46. The molecule has 2 heterocycles. The van der Waals surface area contributed by atoms with Crippen LogP contribution in [-0.4, -0.2) is 35.8 Å². The van der Waals surface area contributed by atoms with Crippen LogP contribution in [0, 0.1) is 0 Å². The van der Waals surface area contributed by atoms with Gasteiger partial charge >= 0.3 is 0 Å². The van der Waals surface area contributed by atoms with Gasteiger partial charge in [0.1, 0.15) is 27.7 Å². The zero-order valence-electron chi connectivity index (χ0n) is 18.0. The fourth-order valence-electron chi connectivity index (χ4n) is 3.37. The number of thioether (sulfide) groups is 1. The first kappa shape index (κ1) is 22.1. The SMILES string of the molecule is COc1ccc(OC)c(C(C)NC(=O)CSc2ncnc3sc(-c4ccccc4)cc23)c1. The summed E-state index contributed by atoms with van der Waals surface area (Å²) in [6.07, 6.45) is 1.55. The Hall–Kier alpha value is -3.10. The van der Waals surface area contributed by atoms with Crippen LogP contribution in [0.15, 0.2) is 66.0 Å². The molecular formula is C24H23N3O3S2. The highest BCUT2D eigenvalue weighted by Crippen LogP contribution is 2.36. The molecule has 8 heteroatoms. The van der Waals surface area contributed by atoms with Gasteiger partial charge in [-0.15, -0.1) is 11.3 Å². The van der Waals surface area contributed by atoms with E-state index in [-0.39, 0.29) is 17.7 Å². The number of methoxy groups -OCH3 is 2. The molecule has 164 valence electrons. The summed E-state index contributed by atoms with van der Waals surface area (Å²) in [6.45, 7) is 1.92. The molecule has 6 nitrogen and oxygen atoms in total. The third-order valence-electron chi connectivity index (χ3n) is 4.97. The van der Waals surface area contributed by atoms with Crippen LogP contribution in [-0.2, 0) is 4.79 Å². The third kappa shape index (κ3) is 4.87. The Morgan fingerprint density at radius 1 is 1.09 bits per heavy atom. The van der Waals surface area contributed by atoms with E-state index in [9.17, 15) is 4.79 Å². The van der Waals surface area contributed by atoms with Crippen molar-refractivity contribution >= 4 is 39.2 Å². The minimum absolute atomic E-state index is 0.0855. The number of rotatable bonds is 8. The summed E-state index contributed by atoms with van der Waals surface area (Å²) in [6, 6.07) is 17.6. The minimum Gasteiger partial charge on any atom is -0.497 e. The van der Waals surface area contributed by atoms with Gasteiger partial charge in [0.15, 0.2) is 0 Å². The van der Waals surface area contributed by atoms with Crippen LogP contribution in [0.4, 0.5) is 0 Å². The largest absolute Gasteiger partial charge is 0.497 e. The van der Waals surface area contributed by atoms with Crippen LogP contribution in [0.25, 0.3) is 20.7 Å². The average Bonchev–Trinajstić information content (AvgIpc) is 3.28. The van der Waals surface area contributed by atoms with Gasteiger partial charge in [-0.1, -0.05) is 42.1 Å². The van der Waals surface area contributed by atoms with Crippen LogP contribution in [0.3, 0.4) is 0 Å². The molecule has 4 aromatic rings. The maximum atomic E-state index is 12.7. The number of hydrogen-bond acceptors (Lipinski definition) is 7. The molecule has 2 aromatic carbocycles. The van der Waals surface area contributed by atoms with Crippen molar-refractivity contribution in [2.45, 2.75) is 18.0 Å². The van der Waals surface area contributed by atoms with Crippen LogP contribution >= 0.6 is 23.1 Å². The zero-order valence-corrected chi connectivity index (χ0v) is 19.6. The monoisotopic (exact) mass is 465 g/mol. The molecule has 0 aliphatic carbocycles. The number of nitrogens with zero attached hydrogens (tertiary/aromatic N) is 2. The van der Waals surface area contributed by atoms with E-state index in [4.69, 9.17) is 9.47 Å². The molecule has 0 aliphatic heterocycles. The first-order chi connectivity index (χ1) is 15.6. The molecule has 1 amide bonds. The Kier molecular flexibility index (Phi) is 6.92. The Labute approximate surface area is 195 Å². The molecule has 4 rings (SSSR count). The van der Waals surface area contributed by atoms with Gasteiger partial charge in [-0.2, -0.15) is 0 Å². The van der Waals surface area contributed by atoms with Crippen molar-refractivity contribution in [3.05, 3.63) is 66.5 Å². The molecule has 1 atom stereocenters. The van der Waals surface area contributed by atoms with Gasteiger partial charge in [0, 0.05) is 15.8 Å². The molecule has 0 saturated carbocycles. The third-order valence-corrected chi connectivity index (χ3v) is 7.07. The van der Waals surface area contributed by atoms with Crippen molar-refractivity contribution < 1.29 is 14.3 Å². The number of thiophene rings is 1. The highest BCUT2D eigenvalue weighted by Gasteiger charge is 2.17. The van der Waals surface area contributed by atoms with E-state index in [0.717, 1.165) is 31.2 Å². The first-order valence-electron chi connectivity index (χ1n) is 10.0. The Morgan fingerprint density at radius 3 is 2.66 bits per heavy atom. The van der Waals surface area contributed by atoms with Crippen LogP contribution < -0.4 is 14.8 Å². The quantitative estimate of drug-likeness (QED) is 0.280. The van der Waals surface area contributed by atoms with E-state index in [1.165, 1.54) is 11.8 Å². The second-order valence-electron chi connectivity index (χ2n) is 7.06. The molecule has 0 spiro atoms. The summed E-state index contributed by atoms with van der Waals surface area (Å²) in [7, 11) is 3.22. The lowest BCUT2D eigenvalue weighted by atomic mass is 10.1. The number of hydrogen-bond donors (Lipinski definition) is 1. The lowest BCUT2D eigenvalue weighted by Gasteiger charge is -2.18. The number of aromatic nitrogens is 2. The zero-order chi connectivity index (χ0) is 22.5. The molecular weight excluding hydrogens is 442 g/mol. The van der Waals surface area contributed by atoms with Gasteiger partial charge in [0.2, 0.25) is 5.91 Å². The van der Waals surface area contributed by atoms with Crippen LogP contribution in [0.2, 0.25) is 0 Å². The van der Waals surface area contributed by atoms with E-state index >= 15 is 0 Å². The van der Waals surface area contributed by atoms with Gasteiger partial charge in [-0.3, -0.25) is 4.79 Å². The van der Waals surface area contributed by atoms with Crippen molar-refractivity contribution in [3.8, 4) is 21.9 Å². The number of fused-ring (bicyclic) bond motifs is 1. The summed E-state index contributed by atoms with van der Waals surface area (Å²) >= 11 is 3.03. The number of ether oxygens (including phenoxy) is 2. The smallest absolute Gasteiger partial charge is 0.230 e. The number of carbonyl (C=O) groups excluding carboxylic acids is 1. The fourth-order valence-corrected chi connectivity index (χ4v) is 5.22. The van der Waals surface area contributed by atoms with Crippen LogP contribution in [0.1, 0.15) is 18.5 Å². The van der Waals surface area contributed by atoms with Crippen molar-refractivity contribution in [1.82, 2.24) is 15.3 Å². The van der Waals surface area contributed by atoms with Gasteiger partial charge < -0.3 is 14.8 Å². The molecule has 1 unspecified atom stereocenters. The van der Waals surface area contributed by atoms with Gasteiger partial charge in [0.25, 0.3) is 0 Å². The molecule has 0 radical (unpaired) electrons. The minimum atomic E-state index is -0.232. The van der Waals surface area contributed by atoms with Crippen LogP contribution in [0.5, 0.6) is 11.5 Å². The number of amides is 1. The van der Waals surface area contributed by atoms with Gasteiger partial charge in [-0.05, 0) is 36.8 Å². The highest BCUT2D eigenvalue weighted by molar-refractivity contribution is 8.00. The average molecular weight is 466 g/mol. The number of carbonyl (C=O) groups is 1. The van der Waals surface area contributed by atoms with E-state index in [0.29, 0.717) is 11.5 Å². The summed E-state index contributed by atoms with van der Waals surface area (Å²) in [5.74, 6) is 1.58. The second-order valence-corrected chi connectivity index (χ2v) is 9.05. The fraction of sp³-hybridized carbons (Fsp3) is 0.208. The first-order valence-corrected chi connectivity index (χ1v) is 11.8. The van der Waals surface area contributed by atoms with Gasteiger partial charge in [-0.25, -0.2) is 9.97 Å². The predicted molar refractivity (Wildman–Crippen MR) is 130 cm³/mol. The molecule has 32 heavy (non-hydrogen) atoms. The number of benzene rings is 2. The summed E-state index contributed by atoms with van der Waals surface area (Å²) in [4.78, 5) is 23.5. The van der Waals surface area contributed by atoms with E-state index in [2.05, 4.69) is 33.5 Å². The number of nitrogens with one attached hydrogen (secondary N) is 1. The van der Waals surface area contributed by atoms with Crippen molar-refractivity contribution in [2.24, 2.45) is 0 Å². The topological polar surface area (TPSA) is 73.3 Å². The lowest BCUT2D eigenvalue weighted by molar-refractivity contribution is -0.119. The standard InChI is InChI=1S/C24H23N3O3S2/c1-15(18-11-17(29-2)9-10-20(18)30-3)27-22(28)13-31-23-19-12-21(16-7-5-4-6-8-16)32-24(19)26-14-25-23/h4-12,14-15H,13H2,1-3H3,(H,27,28). The normalized spacial score (nSPS) is 11.8. The molecule has 2 aromatic heterocycles. The summed E-state index contributed by atoms with van der Waals surface area (Å²) in [5, 5.41) is 4.81. The van der Waals surface area contributed by atoms with Gasteiger partial charge in [0.05, 0.1) is 26.0 Å². The predicted octanol–water partition coefficient (Wildman–Crippen LogP) is 5.35. The van der Waals surface area contributed by atoms with E-state index in [1.54, 1.807) is 31.9 Å². The molecule has 0 saturated heterocycles. The summed E-state index contributed by atoms with van der Waals surface area (Å²) in [5.41, 5.74) is 2.00. The maximum absolute atomic E-state index is 12.7. The molecule has 0 aliphatic rings. The molecule has 0 fully saturated rings. The second kappa shape index (κ2) is 10.0. The Bertz CT molecular complexity index is 1230. The molecule has 0 bridgehead atoms. The van der Waals surface area contributed by atoms with E-state index in [1.807, 2.05) is 43.3 Å². The molecule has 1 N–H and O–H groups in total. The highest BCUT2D eigenvalue weighted by atomic mass is 32.2. The van der Waals surface area contributed by atoms with Crippen molar-refractivity contribution in [2.75, 3.05) is 20.0 Å². The van der Waals surface area contributed by atoms with E-state index < -0.39 is 0 Å². The maximum Gasteiger partial charge on any atom is 0.230 e. The van der Waals surface area contributed by atoms with Crippen molar-refractivity contribution in [1.29, 1.82) is 0 Å².